The van der Waals surface area contributed by atoms with Gasteiger partial charge in [0.1, 0.15) is 0 Å². The number of aromatic nitrogens is 1. The topological polar surface area (TPSA) is 44.1 Å². The van der Waals surface area contributed by atoms with E-state index < -0.39 is 0 Å². The number of hydrogen-bond donors (Lipinski definition) is 0. The largest absolute Gasteiger partial charge is 0.870 e. The zero-order valence-corrected chi connectivity index (χ0v) is 7.96. The van der Waals surface area contributed by atoms with Gasteiger partial charge >= 0.3 is 0 Å². The van der Waals surface area contributed by atoms with Crippen LogP contribution in [0.15, 0.2) is 30.6 Å². The van der Waals surface area contributed by atoms with Crippen LogP contribution in [-0.4, -0.2) is 56.9 Å². The molecule has 0 atom stereocenters. The third-order valence-corrected chi connectivity index (χ3v) is 0.607. The normalized spacial score (nSPS) is 6.00. The summed E-state index contributed by atoms with van der Waals surface area (Å²) in [5.41, 5.74) is 0. The van der Waals surface area contributed by atoms with Crippen LogP contribution in [0.4, 0.5) is 0 Å². The molecule has 1 heterocycles. The zero-order valence-electron chi connectivity index (χ0n) is 4.83. The van der Waals surface area contributed by atoms with Gasteiger partial charge in [0.25, 0.3) is 0 Å². The molecule has 0 fully saturated rings. The van der Waals surface area contributed by atoms with Gasteiger partial charge in [0.05, 0.1) is 0 Å². The molecule has 8 heavy (non-hydrogen) atoms. The Labute approximate surface area is 91.1 Å². The Kier molecular flexibility index (Phi) is 11.2. The minimum atomic E-state index is 0. The second-order valence-corrected chi connectivity index (χ2v) is 1.08. The van der Waals surface area contributed by atoms with Crippen molar-refractivity contribution in [3.63, 3.8) is 0 Å². The third-order valence-electron chi connectivity index (χ3n) is 0.607. The molecule has 0 spiro atoms. The maximum absolute atomic E-state index is 2.89. The van der Waals surface area contributed by atoms with E-state index in [2.05, 4.69) is 4.98 Å². The second kappa shape index (κ2) is 7.75. The zero-order chi connectivity index (χ0) is 4.24. The first-order valence-electron chi connectivity index (χ1n) is 1.91. The molecule has 0 unspecified atom stereocenters. The van der Waals surface area contributed by atoms with Crippen molar-refractivity contribution in [2.24, 2.45) is 0 Å². The quantitative estimate of drug-likeness (QED) is 0.461. The van der Waals surface area contributed by atoms with Crippen molar-refractivity contribution in [3.05, 3.63) is 30.6 Å². The van der Waals surface area contributed by atoms with E-state index in [0.29, 0.717) is 0 Å². The molecule has 0 amide bonds. The van der Waals surface area contributed by atoms with Gasteiger partial charge in [0, 0.05) is 63.5 Å². The van der Waals surface area contributed by atoms with Gasteiger partial charge in [-0.15, -0.1) is 0 Å². The maximum Gasteiger partial charge on any atom is 0.166 e. The molecule has 0 aliphatic carbocycles. The van der Waals surface area contributed by atoms with Crippen LogP contribution in [0.25, 0.3) is 0 Å². The Morgan fingerprint density at radius 3 is 1.50 bits per heavy atom. The average molecular weight is 136 g/mol. The van der Waals surface area contributed by atoms with Crippen molar-refractivity contribution in [3.8, 4) is 0 Å². The van der Waals surface area contributed by atoms with Gasteiger partial charge in [-0.2, -0.15) is 0 Å². The van der Waals surface area contributed by atoms with Gasteiger partial charge in [-0.25, -0.2) is 4.98 Å². The van der Waals surface area contributed by atoms with Crippen LogP contribution < -0.4 is 4.98 Å². The van der Waals surface area contributed by atoms with E-state index in [1.165, 1.54) is 0 Å². The van der Waals surface area contributed by atoms with Crippen molar-refractivity contribution < 1.29 is 10.5 Å². The van der Waals surface area contributed by atoms with Gasteiger partial charge in [0.15, 0.2) is 12.4 Å². The minimum Gasteiger partial charge on any atom is -0.870 e. The van der Waals surface area contributed by atoms with E-state index >= 15 is 0 Å². The molecule has 0 saturated carbocycles. The monoisotopic (exact) mass is 136 g/mol. The van der Waals surface area contributed by atoms with Gasteiger partial charge in [0.2, 0.25) is 0 Å². The molecule has 0 bridgehead atoms. The van der Waals surface area contributed by atoms with Gasteiger partial charge in [-0.1, -0.05) is 6.07 Å². The summed E-state index contributed by atoms with van der Waals surface area (Å²) in [6.07, 6.45) is 3.75. The van der Waals surface area contributed by atoms with Crippen molar-refractivity contribution in [2.75, 3.05) is 0 Å². The van der Waals surface area contributed by atoms with E-state index in [1.54, 1.807) is 0 Å². The summed E-state index contributed by atoms with van der Waals surface area (Å²) in [4.78, 5) is 2.89. The first-order chi connectivity index (χ1) is 3.00. The molecular weight excluding hydrogens is 129 g/mol. The molecule has 0 saturated heterocycles. The predicted octanol–water partition coefficient (Wildman–Crippen LogP) is -0.0569. The van der Waals surface area contributed by atoms with Crippen molar-refractivity contribution in [2.45, 2.75) is 0 Å². The minimum absolute atomic E-state index is 0. The third kappa shape index (κ3) is 4.89. The fourth-order valence-electron chi connectivity index (χ4n) is 0.342. The van der Waals surface area contributed by atoms with Gasteiger partial charge in [-0.3, -0.25) is 0 Å². The number of H-pyrrole nitrogens is 1. The smallest absolute Gasteiger partial charge is 0.166 e. The first-order valence-corrected chi connectivity index (χ1v) is 1.91. The Morgan fingerprint density at radius 2 is 1.38 bits per heavy atom. The fourth-order valence-corrected chi connectivity index (χ4v) is 0.342. The molecule has 0 aromatic carbocycles. The standard InChI is InChI=1S/C5H5N.K.H2O/c1-2-4-6-5-3-1;;/h1-5H;;1H2. The molecule has 0 aliphatic heterocycles. The van der Waals surface area contributed by atoms with Crippen LogP contribution >= 0.6 is 0 Å². The van der Waals surface area contributed by atoms with E-state index in [1.807, 2.05) is 30.6 Å². The summed E-state index contributed by atoms with van der Waals surface area (Å²) >= 11 is 0. The maximum atomic E-state index is 2.89. The van der Waals surface area contributed by atoms with Crippen LogP contribution in [0.3, 0.4) is 0 Å². The Bertz CT molecular complexity index is 84.4. The SMILES string of the molecule is [K].[OH-].c1cc[nH+]cc1. The fraction of sp³-hybridized carbons (Fsp3) is 0. The molecule has 2 nitrogen and oxygen atoms in total. The van der Waals surface area contributed by atoms with E-state index in [0.717, 1.165) is 0 Å². The summed E-state index contributed by atoms with van der Waals surface area (Å²) in [5.74, 6) is 0. The average Bonchev–Trinajstić information content (AvgIpc) is 1.72. The number of hydrogen-bond acceptors (Lipinski definition) is 1. The number of rotatable bonds is 0. The summed E-state index contributed by atoms with van der Waals surface area (Å²) in [5, 5.41) is 0. The van der Waals surface area contributed by atoms with Crippen LogP contribution in [-0.2, 0) is 0 Å². The molecule has 0 aliphatic rings. The first kappa shape index (κ1) is 11.5. The van der Waals surface area contributed by atoms with E-state index in [-0.39, 0.29) is 56.9 Å². The Hall–Kier alpha value is 0.746. The molecule has 2 N–H and O–H groups in total. The summed E-state index contributed by atoms with van der Waals surface area (Å²) < 4.78 is 0. The van der Waals surface area contributed by atoms with E-state index in [9.17, 15) is 0 Å². The van der Waals surface area contributed by atoms with E-state index in [4.69, 9.17) is 0 Å². The van der Waals surface area contributed by atoms with Crippen molar-refractivity contribution in [1.82, 2.24) is 0 Å². The summed E-state index contributed by atoms with van der Waals surface area (Å²) in [6.45, 7) is 0. The van der Waals surface area contributed by atoms with Crippen molar-refractivity contribution >= 4 is 51.4 Å². The molecule has 1 radical (unpaired) electrons. The Morgan fingerprint density at radius 1 is 0.875 bits per heavy atom. The number of pyridine rings is 1. The van der Waals surface area contributed by atoms with Crippen LogP contribution in [0.2, 0.25) is 0 Å². The van der Waals surface area contributed by atoms with Crippen LogP contribution in [0.5, 0.6) is 0 Å². The molecule has 1 rings (SSSR count). The second-order valence-electron chi connectivity index (χ2n) is 1.08. The van der Waals surface area contributed by atoms with Gasteiger partial charge < -0.3 is 5.48 Å². The predicted molar refractivity (Wildman–Crippen MR) is 30.7 cm³/mol. The molecule has 1 aromatic rings. The molecule has 1 aromatic heterocycles. The molecule has 39 valence electrons. The summed E-state index contributed by atoms with van der Waals surface area (Å²) in [6, 6.07) is 5.86. The molecule has 3 heteroatoms. The number of aromatic amines is 1. The Balaban J connectivity index is 0. The van der Waals surface area contributed by atoms with Crippen LogP contribution in [0, 0.1) is 0 Å². The van der Waals surface area contributed by atoms with Crippen LogP contribution in [0.1, 0.15) is 0 Å². The summed E-state index contributed by atoms with van der Waals surface area (Å²) in [7, 11) is 0. The number of nitrogens with one attached hydrogen (secondary N) is 1. The van der Waals surface area contributed by atoms with Gasteiger partial charge in [-0.05, 0) is 0 Å². The van der Waals surface area contributed by atoms with Crippen molar-refractivity contribution in [1.29, 1.82) is 0 Å². The molecular formula is C5H7KNO.